The van der Waals surface area contributed by atoms with Crippen molar-refractivity contribution in [3.8, 4) is 0 Å². The Balaban J connectivity index is 2.16. The van der Waals surface area contributed by atoms with Crippen molar-refractivity contribution in [1.82, 2.24) is 0 Å². The molecular weight excluding hydrogens is 594 g/mol. The number of hydrogen-bond donors (Lipinski definition) is 1. The molecule has 0 fully saturated rings. The third-order valence-electron chi connectivity index (χ3n) is 9.16. The highest BCUT2D eigenvalue weighted by atomic mass is 16.6. The van der Waals surface area contributed by atoms with Gasteiger partial charge in [0.1, 0.15) is 6.61 Å². The summed E-state index contributed by atoms with van der Waals surface area (Å²) in [5, 5.41) is 3.32. The van der Waals surface area contributed by atoms with Crippen LogP contribution < -0.4 is 5.32 Å². The summed E-state index contributed by atoms with van der Waals surface area (Å²) in [6.07, 6.45) is 37.6. The summed E-state index contributed by atoms with van der Waals surface area (Å²) in [5.41, 5.74) is 0.953. The van der Waals surface area contributed by atoms with Crippen LogP contribution >= 0.6 is 0 Å². The zero-order chi connectivity index (χ0) is 34.6. The minimum Gasteiger partial charge on any atom is -0.462 e. The normalized spacial score (nSPS) is 12.0. The maximum Gasteiger partial charge on any atom is 0.306 e. The Bertz CT molecular complexity index is 871. The van der Waals surface area contributed by atoms with Crippen molar-refractivity contribution < 1.29 is 19.1 Å². The second kappa shape index (κ2) is 34.6. The van der Waals surface area contributed by atoms with E-state index in [2.05, 4.69) is 31.3 Å². The number of ether oxygens (including phenoxy) is 2. The Morgan fingerprint density at radius 1 is 0.562 bits per heavy atom. The Morgan fingerprint density at radius 2 is 0.979 bits per heavy atom. The molecule has 0 aliphatic rings. The highest BCUT2D eigenvalue weighted by Gasteiger charge is 2.17. The number of esters is 2. The number of rotatable bonds is 35. The molecule has 48 heavy (non-hydrogen) atoms. The van der Waals surface area contributed by atoms with Crippen molar-refractivity contribution in [3.63, 3.8) is 0 Å². The van der Waals surface area contributed by atoms with Crippen molar-refractivity contribution in [2.75, 3.05) is 18.5 Å². The van der Waals surface area contributed by atoms with Crippen LogP contribution in [0, 0.1) is 0 Å². The van der Waals surface area contributed by atoms with Gasteiger partial charge in [-0.25, -0.2) is 0 Å². The second-order valence-electron chi connectivity index (χ2n) is 13.9. The zero-order valence-corrected chi connectivity index (χ0v) is 31.5. The summed E-state index contributed by atoms with van der Waals surface area (Å²) in [6.45, 7) is 5.04. The standard InChI is InChI=1S/C43H75NO4/c1-3-5-7-9-11-13-15-17-18-20-22-24-26-28-33-37-43(46)48-41(38-44-40-34-30-29-31-35-40)39-47-42(45)36-32-27-25-23-21-19-16-14-12-10-8-6-4-2/h17-18,29-31,34-35,41,44H,3-16,19-28,32-33,36-39H2,1-2H3. The predicted octanol–water partition coefficient (Wildman–Crippen LogP) is 13.1. The molecular formula is C43H75NO4. The minimum absolute atomic E-state index is 0.0925. The van der Waals surface area contributed by atoms with Crippen LogP contribution in [0.1, 0.15) is 194 Å². The van der Waals surface area contributed by atoms with Gasteiger partial charge in [0.25, 0.3) is 0 Å². The maximum absolute atomic E-state index is 12.7. The first-order valence-corrected chi connectivity index (χ1v) is 20.4. The second-order valence-corrected chi connectivity index (χ2v) is 13.9. The fourth-order valence-corrected chi connectivity index (χ4v) is 6.05. The highest BCUT2D eigenvalue weighted by Crippen LogP contribution is 2.15. The maximum atomic E-state index is 12.7. The fraction of sp³-hybridized carbons (Fsp3) is 0.767. The number of nitrogens with one attached hydrogen (secondary N) is 1. The van der Waals surface area contributed by atoms with Crippen LogP contribution in [0.25, 0.3) is 0 Å². The van der Waals surface area contributed by atoms with Gasteiger partial charge in [0.15, 0.2) is 6.10 Å². The Kier molecular flexibility index (Phi) is 31.5. The molecule has 5 heteroatoms. The lowest BCUT2D eigenvalue weighted by Crippen LogP contribution is -2.31. The van der Waals surface area contributed by atoms with Gasteiger partial charge in [0.05, 0.1) is 6.54 Å². The van der Waals surface area contributed by atoms with Crippen molar-refractivity contribution in [3.05, 3.63) is 42.5 Å². The molecule has 1 unspecified atom stereocenters. The summed E-state index contributed by atoms with van der Waals surface area (Å²) in [5.74, 6) is -0.406. The molecule has 1 N–H and O–H groups in total. The zero-order valence-electron chi connectivity index (χ0n) is 31.5. The first-order chi connectivity index (χ1) is 23.7. The van der Waals surface area contributed by atoms with Gasteiger partial charge < -0.3 is 14.8 Å². The molecule has 0 heterocycles. The molecule has 0 bridgehead atoms. The number of hydrogen-bond acceptors (Lipinski definition) is 5. The van der Waals surface area contributed by atoms with Crippen LogP contribution in [0.3, 0.4) is 0 Å². The van der Waals surface area contributed by atoms with Crippen molar-refractivity contribution in [1.29, 1.82) is 0 Å². The van der Waals surface area contributed by atoms with Crippen LogP contribution in [-0.4, -0.2) is 31.2 Å². The van der Waals surface area contributed by atoms with E-state index in [9.17, 15) is 9.59 Å². The third-order valence-corrected chi connectivity index (χ3v) is 9.16. The number of carbonyl (C=O) groups excluding carboxylic acids is 2. The Morgan fingerprint density at radius 3 is 1.46 bits per heavy atom. The molecule has 0 spiro atoms. The highest BCUT2D eigenvalue weighted by molar-refractivity contribution is 5.70. The lowest BCUT2D eigenvalue weighted by atomic mass is 10.0. The minimum atomic E-state index is -0.503. The van der Waals surface area contributed by atoms with E-state index < -0.39 is 6.10 Å². The Hall–Kier alpha value is -2.30. The first-order valence-electron chi connectivity index (χ1n) is 20.4. The van der Waals surface area contributed by atoms with Gasteiger partial charge in [0.2, 0.25) is 0 Å². The molecule has 5 nitrogen and oxygen atoms in total. The summed E-state index contributed by atoms with van der Waals surface area (Å²) in [4.78, 5) is 25.1. The lowest BCUT2D eigenvalue weighted by molar-refractivity contribution is -0.158. The summed E-state index contributed by atoms with van der Waals surface area (Å²) >= 11 is 0. The largest absolute Gasteiger partial charge is 0.462 e. The average Bonchev–Trinajstić information content (AvgIpc) is 3.10. The molecule has 1 aromatic rings. The quantitative estimate of drug-likeness (QED) is 0.0443. The van der Waals surface area contributed by atoms with Crippen LogP contribution in [-0.2, 0) is 19.1 Å². The van der Waals surface area contributed by atoms with Gasteiger partial charge in [-0.2, -0.15) is 0 Å². The van der Waals surface area contributed by atoms with Gasteiger partial charge in [-0.3, -0.25) is 9.59 Å². The number of carbonyl (C=O) groups is 2. The molecule has 0 aliphatic heterocycles. The summed E-state index contributed by atoms with van der Waals surface area (Å²) in [7, 11) is 0. The molecule has 276 valence electrons. The monoisotopic (exact) mass is 670 g/mol. The molecule has 0 aliphatic carbocycles. The van der Waals surface area contributed by atoms with Crippen molar-refractivity contribution in [2.24, 2.45) is 0 Å². The van der Waals surface area contributed by atoms with E-state index in [-0.39, 0.29) is 18.5 Å². The number of unbranched alkanes of at least 4 members (excludes halogenated alkanes) is 23. The van der Waals surface area contributed by atoms with Crippen LogP contribution in [0.4, 0.5) is 5.69 Å². The number of anilines is 1. The van der Waals surface area contributed by atoms with Crippen LogP contribution in [0.2, 0.25) is 0 Å². The third kappa shape index (κ3) is 29.8. The Labute approximate surface area is 296 Å². The topological polar surface area (TPSA) is 64.6 Å². The predicted molar refractivity (Wildman–Crippen MR) is 206 cm³/mol. The molecule has 0 amide bonds. The number of allylic oxidation sites excluding steroid dienone is 2. The van der Waals surface area contributed by atoms with Crippen LogP contribution in [0.5, 0.6) is 0 Å². The van der Waals surface area contributed by atoms with Gasteiger partial charge >= 0.3 is 11.9 Å². The van der Waals surface area contributed by atoms with E-state index in [1.165, 1.54) is 128 Å². The van der Waals surface area contributed by atoms with E-state index in [1.54, 1.807) is 0 Å². The average molecular weight is 670 g/mol. The van der Waals surface area contributed by atoms with E-state index in [4.69, 9.17) is 9.47 Å². The molecule has 1 aromatic carbocycles. The fourth-order valence-electron chi connectivity index (χ4n) is 6.05. The summed E-state index contributed by atoms with van der Waals surface area (Å²) < 4.78 is 11.3. The molecule has 0 aromatic heterocycles. The first kappa shape index (κ1) is 43.7. The van der Waals surface area contributed by atoms with Crippen LogP contribution in [0.15, 0.2) is 42.5 Å². The lowest BCUT2D eigenvalue weighted by Gasteiger charge is -2.19. The molecule has 1 atom stereocenters. The number of para-hydroxylation sites is 1. The van der Waals surface area contributed by atoms with Gasteiger partial charge in [-0.1, -0.05) is 173 Å². The molecule has 1 rings (SSSR count). The van der Waals surface area contributed by atoms with Crippen molar-refractivity contribution >= 4 is 17.6 Å². The molecule has 0 saturated heterocycles. The summed E-state index contributed by atoms with van der Waals surface area (Å²) in [6, 6.07) is 9.85. The SMILES string of the molecule is CCCCCCCCC=CCCCCCCCC(=O)OC(CNc1ccccc1)COC(=O)CCCCCCCCCCCCCCC. The molecule has 0 saturated carbocycles. The number of benzene rings is 1. The van der Waals surface area contributed by atoms with E-state index in [0.717, 1.165) is 44.2 Å². The van der Waals surface area contributed by atoms with Gasteiger partial charge in [0, 0.05) is 18.5 Å². The van der Waals surface area contributed by atoms with E-state index in [0.29, 0.717) is 19.4 Å². The van der Waals surface area contributed by atoms with E-state index >= 15 is 0 Å². The van der Waals surface area contributed by atoms with Gasteiger partial charge in [-0.05, 0) is 50.7 Å². The van der Waals surface area contributed by atoms with E-state index in [1.807, 2.05) is 30.3 Å². The smallest absolute Gasteiger partial charge is 0.306 e. The molecule has 0 radical (unpaired) electrons. The van der Waals surface area contributed by atoms with Crippen molar-refractivity contribution in [2.45, 2.75) is 200 Å². The van der Waals surface area contributed by atoms with Gasteiger partial charge in [-0.15, -0.1) is 0 Å².